The van der Waals surface area contributed by atoms with Crippen molar-refractivity contribution in [3.63, 3.8) is 0 Å². The molecule has 1 aliphatic rings. The van der Waals surface area contributed by atoms with E-state index in [9.17, 15) is 0 Å². The van der Waals surface area contributed by atoms with E-state index in [0.717, 1.165) is 13.1 Å². The van der Waals surface area contributed by atoms with Gasteiger partial charge >= 0.3 is 0 Å². The lowest BCUT2D eigenvalue weighted by Gasteiger charge is -2.17. The molecule has 0 bridgehead atoms. The molecule has 0 aliphatic carbocycles. The van der Waals surface area contributed by atoms with E-state index in [1.54, 1.807) is 0 Å². The van der Waals surface area contributed by atoms with E-state index in [1.807, 2.05) is 0 Å². The zero-order valence-electron chi connectivity index (χ0n) is 13.3. The number of nitrogens with one attached hydrogen (secondary N) is 1. The standard InChI is InChI=1S/C18H27N3/c1-15(2)19-14-17-7-5-6-16-8-11-21(18(16)17)13-12-20-9-3-4-10-20/h5-8,11,15,19H,3-4,9-10,12-14H2,1-2H3. The summed E-state index contributed by atoms with van der Waals surface area (Å²) in [4.78, 5) is 2.58. The minimum absolute atomic E-state index is 0.522. The molecule has 3 rings (SSSR count). The molecule has 1 aliphatic heterocycles. The number of benzene rings is 1. The third-order valence-electron chi connectivity index (χ3n) is 4.43. The van der Waals surface area contributed by atoms with Gasteiger partial charge in [-0.05, 0) is 42.9 Å². The first-order chi connectivity index (χ1) is 10.2. The monoisotopic (exact) mass is 285 g/mol. The van der Waals surface area contributed by atoms with Crippen LogP contribution in [0.2, 0.25) is 0 Å². The summed E-state index contributed by atoms with van der Waals surface area (Å²) in [5, 5.41) is 4.91. The molecule has 0 saturated carbocycles. The summed E-state index contributed by atoms with van der Waals surface area (Å²) < 4.78 is 2.44. The molecule has 3 heteroatoms. The fraction of sp³-hybridized carbons (Fsp3) is 0.556. The highest BCUT2D eigenvalue weighted by atomic mass is 15.2. The predicted octanol–water partition coefficient (Wildman–Crippen LogP) is 3.24. The van der Waals surface area contributed by atoms with Gasteiger partial charge in [-0.2, -0.15) is 0 Å². The summed E-state index contributed by atoms with van der Waals surface area (Å²) in [6.45, 7) is 10.2. The minimum atomic E-state index is 0.522. The molecular formula is C18H27N3. The largest absolute Gasteiger partial charge is 0.346 e. The molecule has 21 heavy (non-hydrogen) atoms. The van der Waals surface area contributed by atoms with Crippen LogP contribution in [0.4, 0.5) is 0 Å². The zero-order valence-corrected chi connectivity index (χ0v) is 13.3. The summed E-state index contributed by atoms with van der Waals surface area (Å²) in [6, 6.07) is 9.42. The average Bonchev–Trinajstić information content (AvgIpc) is 3.12. The van der Waals surface area contributed by atoms with E-state index < -0.39 is 0 Å². The third kappa shape index (κ3) is 3.47. The number of aromatic nitrogens is 1. The topological polar surface area (TPSA) is 20.2 Å². The minimum Gasteiger partial charge on any atom is -0.346 e. The Balaban J connectivity index is 1.77. The second kappa shape index (κ2) is 6.63. The van der Waals surface area contributed by atoms with Gasteiger partial charge in [-0.15, -0.1) is 0 Å². The number of para-hydroxylation sites is 1. The number of hydrogen-bond donors (Lipinski definition) is 1. The first kappa shape index (κ1) is 14.6. The molecule has 1 N–H and O–H groups in total. The SMILES string of the molecule is CC(C)NCc1cccc2ccn(CCN3CCCC3)c12. The van der Waals surface area contributed by atoms with Crippen LogP contribution in [0.1, 0.15) is 32.3 Å². The highest BCUT2D eigenvalue weighted by Gasteiger charge is 2.12. The van der Waals surface area contributed by atoms with Gasteiger partial charge in [-0.1, -0.05) is 32.0 Å². The quantitative estimate of drug-likeness (QED) is 0.879. The second-order valence-corrected chi connectivity index (χ2v) is 6.45. The molecule has 0 atom stereocenters. The summed E-state index contributed by atoms with van der Waals surface area (Å²) in [6.07, 6.45) is 4.99. The van der Waals surface area contributed by atoms with E-state index >= 15 is 0 Å². The van der Waals surface area contributed by atoms with Crippen molar-refractivity contribution in [1.82, 2.24) is 14.8 Å². The van der Waals surface area contributed by atoms with Crippen molar-refractivity contribution in [2.24, 2.45) is 0 Å². The highest BCUT2D eigenvalue weighted by molar-refractivity contribution is 5.83. The lowest BCUT2D eigenvalue weighted by molar-refractivity contribution is 0.324. The lowest BCUT2D eigenvalue weighted by atomic mass is 10.1. The Morgan fingerprint density at radius 1 is 1.10 bits per heavy atom. The molecule has 0 unspecified atom stereocenters. The van der Waals surface area contributed by atoms with Crippen molar-refractivity contribution < 1.29 is 0 Å². The van der Waals surface area contributed by atoms with Crippen LogP contribution in [0.3, 0.4) is 0 Å². The predicted molar refractivity (Wildman–Crippen MR) is 89.6 cm³/mol. The normalized spacial score (nSPS) is 16.3. The Morgan fingerprint density at radius 2 is 1.90 bits per heavy atom. The summed E-state index contributed by atoms with van der Waals surface area (Å²) >= 11 is 0. The van der Waals surface area contributed by atoms with E-state index in [1.165, 1.54) is 48.9 Å². The van der Waals surface area contributed by atoms with Crippen LogP contribution in [0.25, 0.3) is 10.9 Å². The highest BCUT2D eigenvalue weighted by Crippen LogP contribution is 2.21. The molecule has 1 saturated heterocycles. The van der Waals surface area contributed by atoms with E-state index in [-0.39, 0.29) is 0 Å². The van der Waals surface area contributed by atoms with Crippen LogP contribution in [0.5, 0.6) is 0 Å². The number of nitrogens with zero attached hydrogens (tertiary/aromatic N) is 2. The van der Waals surface area contributed by atoms with Crippen LogP contribution in [-0.4, -0.2) is 35.1 Å². The Kier molecular flexibility index (Phi) is 4.61. The number of likely N-dealkylation sites (tertiary alicyclic amines) is 1. The number of hydrogen-bond acceptors (Lipinski definition) is 2. The van der Waals surface area contributed by atoms with Crippen molar-refractivity contribution in [3.8, 4) is 0 Å². The van der Waals surface area contributed by atoms with Crippen molar-refractivity contribution in [3.05, 3.63) is 36.0 Å². The maximum Gasteiger partial charge on any atom is 0.0526 e. The molecule has 2 aromatic rings. The molecule has 3 nitrogen and oxygen atoms in total. The van der Waals surface area contributed by atoms with Crippen LogP contribution in [0, 0.1) is 0 Å². The smallest absolute Gasteiger partial charge is 0.0526 e. The fourth-order valence-electron chi connectivity index (χ4n) is 3.24. The van der Waals surface area contributed by atoms with Crippen LogP contribution in [-0.2, 0) is 13.1 Å². The zero-order chi connectivity index (χ0) is 14.7. The Morgan fingerprint density at radius 3 is 2.67 bits per heavy atom. The molecular weight excluding hydrogens is 258 g/mol. The van der Waals surface area contributed by atoms with Crippen molar-refractivity contribution in [1.29, 1.82) is 0 Å². The van der Waals surface area contributed by atoms with Gasteiger partial charge < -0.3 is 14.8 Å². The molecule has 2 heterocycles. The van der Waals surface area contributed by atoms with Crippen molar-refractivity contribution >= 4 is 10.9 Å². The summed E-state index contributed by atoms with van der Waals surface area (Å²) in [5.41, 5.74) is 2.82. The molecule has 0 radical (unpaired) electrons. The maximum atomic E-state index is 3.54. The number of rotatable bonds is 6. The first-order valence-electron chi connectivity index (χ1n) is 8.26. The van der Waals surface area contributed by atoms with Gasteiger partial charge in [0.1, 0.15) is 0 Å². The van der Waals surface area contributed by atoms with Gasteiger partial charge in [0.05, 0.1) is 5.52 Å². The Labute approximate surface area is 127 Å². The Hall–Kier alpha value is -1.32. The third-order valence-corrected chi connectivity index (χ3v) is 4.43. The molecule has 1 fully saturated rings. The van der Waals surface area contributed by atoms with Gasteiger partial charge in [0.15, 0.2) is 0 Å². The average molecular weight is 285 g/mol. The van der Waals surface area contributed by atoms with Crippen LogP contribution in [0.15, 0.2) is 30.5 Å². The van der Waals surface area contributed by atoms with Gasteiger partial charge in [0, 0.05) is 31.9 Å². The fourth-order valence-corrected chi connectivity index (χ4v) is 3.24. The molecule has 1 aromatic heterocycles. The van der Waals surface area contributed by atoms with Crippen molar-refractivity contribution in [2.75, 3.05) is 19.6 Å². The second-order valence-electron chi connectivity index (χ2n) is 6.45. The Bertz CT molecular complexity index is 579. The first-order valence-corrected chi connectivity index (χ1v) is 8.26. The van der Waals surface area contributed by atoms with Crippen LogP contribution >= 0.6 is 0 Å². The van der Waals surface area contributed by atoms with Crippen LogP contribution < -0.4 is 5.32 Å². The molecule has 0 amide bonds. The van der Waals surface area contributed by atoms with Gasteiger partial charge in [-0.25, -0.2) is 0 Å². The molecule has 0 spiro atoms. The van der Waals surface area contributed by atoms with Crippen molar-refractivity contribution in [2.45, 2.75) is 45.8 Å². The van der Waals surface area contributed by atoms with E-state index in [0.29, 0.717) is 6.04 Å². The molecule has 1 aromatic carbocycles. The summed E-state index contributed by atoms with van der Waals surface area (Å²) in [7, 11) is 0. The van der Waals surface area contributed by atoms with Gasteiger partial charge in [0.25, 0.3) is 0 Å². The molecule has 114 valence electrons. The van der Waals surface area contributed by atoms with E-state index in [2.05, 4.69) is 59.1 Å². The van der Waals surface area contributed by atoms with Gasteiger partial charge in [0.2, 0.25) is 0 Å². The van der Waals surface area contributed by atoms with E-state index in [4.69, 9.17) is 0 Å². The summed E-state index contributed by atoms with van der Waals surface area (Å²) in [5.74, 6) is 0. The van der Waals surface area contributed by atoms with Gasteiger partial charge in [-0.3, -0.25) is 0 Å². The lowest BCUT2D eigenvalue weighted by Crippen LogP contribution is -2.24. The maximum absolute atomic E-state index is 3.54. The number of fused-ring (bicyclic) bond motifs is 1.